The number of nitrogens with zero attached hydrogens (tertiary/aromatic N) is 1. The largest absolute Gasteiger partial charge is 0.322 e. The van der Waals surface area contributed by atoms with Crippen LogP contribution in [0.2, 0.25) is 0 Å². The molecule has 2 heterocycles. The van der Waals surface area contributed by atoms with E-state index in [9.17, 15) is 4.79 Å². The molecule has 0 amide bonds. The number of fused-ring (bicyclic) bond motifs is 1. The number of hydrogen-bond donors (Lipinski definition) is 1. The Hall–Kier alpha value is -3.64. The molecule has 2 aromatic carbocycles. The normalized spacial score (nSPS) is 10.4. The highest BCUT2D eigenvalue weighted by molar-refractivity contribution is 5.80. The van der Waals surface area contributed by atoms with E-state index < -0.39 is 0 Å². The van der Waals surface area contributed by atoms with E-state index in [2.05, 4.69) is 33.9 Å². The first-order valence-electron chi connectivity index (χ1n) is 8.85. The third-order valence-corrected chi connectivity index (χ3v) is 4.41. The maximum Gasteiger partial charge on any atom is 0.251 e. The number of aromatic nitrogens is 2. The molecule has 3 nitrogen and oxygen atoms in total. The van der Waals surface area contributed by atoms with Gasteiger partial charge in [0.05, 0.1) is 0 Å². The molecular formula is C24H18N2O. The lowest BCUT2D eigenvalue weighted by molar-refractivity contribution is 1.10. The highest BCUT2D eigenvalue weighted by Gasteiger charge is 2.05. The molecule has 0 aliphatic rings. The SMILES string of the molecule is O=c1[nH]c2ccc(C#CCc3ccccc3)cc2cc1Cc1cccnc1. The van der Waals surface area contributed by atoms with Gasteiger partial charge in [-0.2, -0.15) is 0 Å². The fraction of sp³-hybridized carbons (Fsp3) is 0.0833. The molecule has 3 heteroatoms. The first-order chi connectivity index (χ1) is 13.3. The van der Waals surface area contributed by atoms with E-state index >= 15 is 0 Å². The zero-order chi connectivity index (χ0) is 18.5. The van der Waals surface area contributed by atoms with Crippen LogP contribution < -0.4 is 5.56 Å². The summed E-state index contributed by atoms with van der Waals surface area (Å²) >= 11 is 0. The first-order valence-corrected chi connectivity index (χ1v) is 8.85. The van der Waals surface area contributed by atoms with Gasteiger partial charge in [0, 0.05) is 41.9 Å². The van der Waals surface area contributed by atoms with Gasteiger partial charge >= 0.3 is 0 Å². The molecule has 0 spiro atoms. The molecule has 130 valence electrons. The molecule has 2 aromatic heterocycles. The molecule has 1 N–H and O–H groups in total. The van der Waals surface area contributed by atoms with Crippen LogP contribution in [0.5, 0.6) is 0 Å². The Labute approximate surface area is 157 Å². The van der Waals surface area contributed by atoms with E-state index in [1.165, 1.54) is 5.56 Å². The smallest absolute Gasteiger partial charge is 0.251 e. The Morgan fingerprint density at radius 2 is 1.78 bits per heavy atom. The number of nitrogens with one attached hydrogen (secondary N) is 1. The van der Waals surface area contributed by atoms with Gasteiger partial charge in [0.1, 0.15) is 0 Å². The van der Waals surface area contributed by atoms with Crippen molar-refractivity contribution in [2.75, 3.05) is 0 Å². The van der Waals surface area contributed by atoms with E-state index in [0.29, 0.717) is 6.42 Å². The van der Waals surface area contributed by atoms with Gasteiger partial charge < -0.3 is 4.98 Å². The van der Waals surface area contributed by atoms with Crippen molar-refractivity contribution in [1.29, 1.82) is 0 Å². The fourth-order valence-corrected chi connectivity index (χ4v) is 3.03. The van der Waals surface area contributed by atoms with E-state index in [0.717, 1.165) is 34.0 Å². The summed E-state index contributed by atoms with van der Waals surface area (Å²) in [6.45, 7) is 0. The molecule has 4 rings (SSSR count). The molecule has 0 radical (unpaired) electrons. The van der Waals surface area contributed by atoms with Crippen LogP contribution in [0.4, 0.5) is 0 Å². The third-order valence-electron chi connectivity index (χ3n) is 4.41. The lowest BCUT2D eigenvalue weighted by Gasteiger charge is -2.04. The van der Waals surface area contributed by atoms with Gasteiger partial charge in [-0.05, 0) is 46.8 Å². The summed E-state index contributed by atoms with van der Waals surface area (Å²) in [6, 6.07) is 21.9. The van der Waals surface area contributed by atoms with Crippen molar-refractivity contribution in [3.63, 3.8) is 0 Å². The maximum atomic E-state index is 12.3. The Morgan fingerprint density at radius 3 is 2.59 bits per heavy atom. The Morgan fingerprint density at radius 1 is 0.926 bits per heavy atom. The summed E-state index contributed by atoms with van der Waals surface area (Å²) in [5.74, 6) is 6.44. The average Bonchev–Trinajstić information content (AvgIpc) is 2.70. The minimum absolute atomic E-state index is 0.0609. The van der Waals surface area contributed by atoms with Crippen molar-refractivity contribution >= 4 is 10.9 Å². The minimum Gasteiger partial charge on any atom is -0.322 e. The lowest BCUT2D eigenvalue weighted by Crippen LogP contribution is -2.12. The third kappa shape index (κ3) is 4.13. The molecule has 0 saturated heterocycles. The number of benzene rings is 2. The predicted molar refractivity (Wildman–Crippen MR) is 109 cm³/mol. The van der Waals surface area contributed by atoms with Crippen LogP contribution in [0.1, 0.15) is 22.3 Å². The van der Waals surface area contributed by atoms with Crippen molar-refractivity contribution in [2.45, 2.75) is 12.8 Å². The van der Waals surface area contributed by atoms with Crippen LogP contribution >= 0.6 is 0 Å². The highest BCUT2D eigenvalue weighted by atomic mass is 16.1. The van der Waals surface area contributed by atoms with Crippen LogP contribution in [0.3, 0.4) is 0 Å². The molecule has 0 atom stereocenters. The Balaban J connectivity index is 1.61. The van der Waals surface area contributed by atoms with Gasteiger partial charge in [-0.25, -0.2) is 0 Å². The molecule has 0 fully saturated rings. The summed E-state index contributed by atoms with van der Waals surface area (Å²) < 4.78 is 0. The van der Waals surface area contributed by atoms with Crippen molar-refractivity contribution < 1.29 is 0 Å². The topological polar surface area (TPSA) is 45.8 Å². The molecule has 0 unspecified atom stereocenters. The van der Waals surface area contributed by atoms with E-state index in [1.54, 1.807) is 12.4 Å². The van der Waals surface area contributed by atoms with Crippen LogP contribution in [-0.4, -0.2) is 9.97 Å². The summed E-state index contributed by atoms with van der Waals surface area (Å²) in [6.07, 6.45) is 4.80. The molecule has 0 saturated carbocycles. The minimum atomic E-state index is -0.0609. The Bertz CT molecular complexity index is 1180. The van der Waals surface area contributed by atoms with E-state index in [1.807, 2.05) is 54.6 Å². The second-order valence-electron chi connectivity index (χ2n) is 6.43. The van der Waals surface area contributed by atoms with Crippen molar-refractivity contribution in [2.24, 2.45) is 0 Å². The standard InChI is InChI=1S/C24H18N2O/c27-24-22(15-20-10-5-13-25-17-20)16-21-14-19(11-12-23(21)26-24)9-4-8-18-6-2-1-3-7-18/h1-3,5-7,10-14,16-17H,8,15H2,(H,26,27). The van der Waals surface area contributed by atoms with Gasteiger partial charge in [-0.1, -0.05) is 48.2 Å². The van der Waals surface area contributed by atoms with Crippen molar-refractivity contribution in [3.8, 4) is 11.8 Å². The van der Waals surface area contributed by atoms with Crippen molar-refractivity contribution in [1.82, 2.24) is 9.97 Å². The van der Waals surface area contributed by atoms with Gasteiger partial charge in [0.15, 0.2) is 0 Å². The molecule has 27 heavy (non-hydrogen) atoms. The van der Waals surface area contributed by atoms with Gasteiger partial charge in [-0.3, -0.25) is 9.78 Å². The number of H-pyrrole nitrogens is 1. The zero-order valence-corrected chi connectivity index (χ0v) is 14.8. The summed E-state index contributed by atoms with van der Waals surface area (Å²) in [4.78, 5) is 19.4. The molecular weight excluding hydrogens is 332 g/mol. The number of rotatable bonds is 3. The average molecular weight is 350 g/mol. The number of aromatic amines is 1. The van der Waals surface area contributed by atoms with Crippen molar-refractivity contribution in [3.05, 3.63) is 112 Å². The molecule has 0 aliphatic heterocycles. The fourth-order valence-electron chi connectivity index (χ4n) is 3.03. The second-order valence-corrected chi connectivity index (χ2v) is 6.43. The monoisotopic (exact) mass is 350 g/mol. The van der Waals surface area contributed by atoms with Gasteiger partial charge in [-0.15, -0.1) is 0 Å². The summed E-state index contributed by atoms with van der Waals surface area (Å²) in [5.41, 5.74) is 4.65. The maximum absolute atomic E-state index is 12.3. The highest BCUT2D eigenvalue weighted by Crippen LogP contribution is 2.15. The molecule has 4 aromatic rings. The summed E-state index contributed by atoms with van der Waals surface area (Å²) in [7, 11) is 0. The number of pyridine rings is 2. The van der Waals surface area contributed by atoms with E-state index in [4.69, 9.17) is 0 Å². The van der Waals surface area contributed by atoms with Crippen LogP contribution in [0.15, 0.2) is 83.9 Å². The Kier molecular flexibility index (Phi) is 4.80. The van der Waals surface area contributed by atoms with Gasteiger partial charge in [0.25, 0.3) is 5.56 Å². The zero-order valence-electron chi connectivity index (χ0n) is 14.8. The summed E-state index contributed by atoms with van der Waals surface area (Å²) in [5, 5.41) is 0.986. The van der Waals surface area contributed by atoms with Gasteiger partial charge in [0.2, 0.25) is 0 Å². The van der Waals surface area contributed by atoms with E-state index in [-0.39, 0.29) is 5.56 Å². The quantitative estimate of drug-likeness (QED) is 0.565. The first kappa shape index (κ1) is 16.8. The lowest BCUT2D eigenvalue weighted by atomic mass is 10.0. The van der Waals surface area contributed by atoms with Crippen LogP contribution in [-0.2, 0) is 12.8 Å². The van der Waals surface area contributed by atoms with Crippen LogP contribution in [0.25, 0.3) is 10.9 Å². The van der Waals surface area contributed by atoms with Crippen LogP contribution in [0, 0.1) is 11.8 Å². The second kappa shape index (κ2) is 7.72. The predicted octanol–water partition coefficient (Wildman–Crippen LogP) is 4.11. The molecule has 0 aliphatic carbocycles. The number of hydrogen-bond acceptors (Lipinski definition) is 2. The molecule has 0 bridgehead atoms.